The van der Waals surface area contributed by atoms with Gasteiger partial charge in [-0.25, -0.2) is 13.1 Å². The van der Waals surface area contributed by atoms with Crippen LogP contribution in [0.15, 0.2) is 4.99 Å². The van der Waals surface area contributed by atoms with Gasteiger partial charge in [-0.15, -0.1) is 0 Å². The molecule has 0 bridgehead atoms. The van der Waals surface area contributed by atoms with Crippen molar-refractivity contribution >= 4 is 21.9 Å². The molecule has 1 heterocycles. The van der Waals surface area contributed by atoms with Crippen molar-refractivity contribution in [3.05, 3.63) is 0 Å². The van der Waals surface area contributed by atoms with Crippen LogP contribution in [0.3, 0.4) is 0 Å². The molecule has 8 nitrogen and oxygen atoms in total. The van der Waals surface area contributed by atoms with Crippen LogP contribution in [-0.2, 0) is 14.8 Å². The van der Waals surface area contributed by atoms with E-state index in [9.17, 15) is 13.2 Å². The molecule has 0 spiro atoms. The number of piperazine rings is 1. The topological polar surface area (TPSA) is 94.1 Å². The maximum absolute atomic E-state index is 11.3. The van der Waals surface area contributed by atoms with E-state index in [4.69, 9.17) is 0 Å². The summed E-state index contributed by atoms with van der Waals surface area (Å²) < 4.78 is 25.2. The Morgan fingerprint density at radius 1 is 1.14 bits per heavy atom. The molecule has 1 rings (SSSR count). The number of sulfonamides is 1. The number of hydrogen-bond donors (Lipinski definition) is 2. The van der Waals surface area contributed by atoms with E-state index in [1.807, 2.05) is 11.8 Å². The third-order valence-corrected chi connectivity index (χ3v) is 4.84. The lowest BCUT2D eigenvalue weighted by molar-refractivity contribution is -0.130. The first-order chi connectivity index (χ1) is 10.4. The fourth-order valence-corrected chi connectivity index (χ4v) is 2.73. The van der Waals surface area contributed by atoms with Gasteiger partial charge in [0.1, 0.15) is 0 Å². The zero-order valence-corrected chi connectivity index (χ0v) is 14.4. The molecule has 2 N–H and O–H groups in total. The highest BCUT2D eigenvalue weighted by Gasteiger charge is 2.20. The number of rotatable bonds is 6. The van der Waals surface area contributed by atoms with E-state index in [0.29, 0.717) is 26.2 Å². The maximum Gasteiger partial charge on any atom is 0.219 e. The summed E-state index contributed by atoms with van der Waals surface area (Å²) in [6, 6.07) is 0. The Labute approximate surface area is 133 Å². The van der Waals surface area contributed by atoms with Crippen LogP contribution in [0.25, 0.3) is 0 Å². The van der Waals surface area contributed by atoms with E-state index in [1.54, 1.807) is 13.8 Å². The van der Waals surface area contributed by atoms with Gasteiger partial charge in [-0.05, 0) is 13.8 Å². The van der Waals surface area contributed by atoms with Gasteiger partial charge in [0, 0.05) is 46.2 Å². The van der Waals surface area contributed by atoms with Crippen LogP contribution in [0.2, 0.25) is 0 Å². The van der Waals surface area contributed by atoms with Crippen LogP contribution >= 0.6 is 0 Å². The van der Waals surface area contributed by atoms with E-state index >= 15 is 0 Å². The van der Waals surface area contributed by atoms with E-state index in [2.05, 4.69) is 19.9 Å². The molecule has 1 aliphatic rings. The molecule has 128 valence electrons. The largest absolute Gasteiger partial charge is 0.357 e. The number of nitrogens with one attached hydrogen (secondary N) is 2. The van der Waals surface area contributed by atoms with Gasteiger partial charge < -0.3 is 15.1 Å². The lowest BCUT2D eigenvalue weighted by Gasteiger charge is -2.36. The average molecular weight is 333 g/mol. The number of hydrogen-bond acceptors (Lipinski definition) is 4. The van der Waals surface area contributed by atoms with E-state index in [0.717, 1.165) is 25.6 Å². The Kier molecular flexibility index (Phi) is 7.60. The first kappa shape index (κ1) is 18.7. The van der Waals surface area contributed by atoms with Crippen LogP contribution in [0.4, 0.5) is 0 Å². The van der Waals surface area contributed by atoms with Crippen LogP contribution in [-0.4, -0.2) is 81.7 Å². The highest BCUT2D eigenvalue weighted by Crippen LogP contribution is 2.02. The first-order valence-electron chi connectivity index (χ1n) is 7.65. The number of aliphatic imine (C=N–C) groups is 1. The molecule has 22 heavy (non-hydrogen) atoms. The highest BCUT2D eigenvalue weighted by atomic mass is 32.2. The van der Waals surface area contributed by atoms with Gasteiger partial charge in [-0.1, -0.05) is 0 Å². The van der Waals surface area contributed by atoms with Gasteiger partial charge >= 0.3 is 0 Å². The second kappa shape index (κ2) is 8.94. The predicted molar refractivity (Wildman–Crippen MR) is 87.3 cm³/mol. The van der Waals surface area contributed by atoms with Crippen LogP contribution in [0, 0.1) is 0 Å². The third kappa shape index (κ3) is 6.18. The number of amides is 1. The molecule has 9 heteroatoms. The summed E-state index contributed by atoms with van der Waals surface area (Å²) in [5, 5.41) is 3.20. The van der Waals surface area contributed by atoms with Gasteiger partial charge in [0.15, 0.2) is 5.96 Å². The van der Waals surface area contributed by atoms with Crippen LogP contribution in [0.5, 0.6) is 0 Å². The second-order valence-electron chi connectivity index (χ2n) is 5.03. The van der Waals surface area contributed by atoms with E-state index in [-0.39, 0.29) is 11.7 Å². The summed E-state index contributed by atoms with van der Waals surface area (Å²) in [5.41, 5.74) is 0. The Balaban J connectivity index is 2.51. The fraction of sp³-hybridized carbons (Fsp3) is 0.846. The quantitative estimate of drug-likeness (QED) is 0.371. The standard InChI is InChI=1S/C13H27N5O3S/c1-4-14-13(15-6-7-16-22(20,21)5-2)18-10-8-17(9-11-18)12(3)19/h16H,4-11H2,1-3H3,(H,14,15). The predicted octanol–water partition coefficient (Wildman–Crippen LogP) is -0.945. The Morgan fingerprint density at radius 2 is 1.73 bits per heavy atom. The molecule has 0 unspecified atom stereocenters. The minimum absolute atomic E-state index is 0.0732. The molecular weight excluding hydrogens is 306 g/mol. The zero-order chi connectivity index (χ0) is 16.6. The van der Waals surface area contributed by atoms with Gasteiger partial charge in [0.2, 0.25) is 15.9 Å². The van der Waals surface area contributed by atoms with Crippen LogP contribution < -0.4 is 10.0 Å². The molecule has 0 atom stereocenters. The van der Waals surface area contributed by atoms with Crippen molar-refractivity contribution in [3.63, 3.8) is 0 Å². The molecule has 0 aromatic heterocycles. The summed E-state index contributed by atoms with van der Waals surface area (Å²) in [4.78, 5) is 19.7. The lowest BCUT2D eigenvalue weighted by Crippen LogP contribution is -2.53. The Hall–Kier alpha value is -1.35. The Morgan fingerprint density at radius 3 is 2.23 bits per heavy atom. The smallest absolute Gasteiger partial charge is 0.219 e. The molecule has 0 saturated carbocycles. The maximum atomic E-state index is 11.3. The van der Waals surface area contributed by atoms with Crippen molar-refractivity contribution in [3.8, 4) is 0 Å². The second-order valence-corrected chi connectivity index (χ2v) is 7.12. The molecule has 1 fully saturated rings. The van der Waals surface area contributed by atoms with E-state index in [1.165, 1.54) is 0 Å². The molecular formula is C13H27N5O3S. The van der Waals surface area contributed by atoms with Crippen molar-refractivity contribution in [1.82, 2.24) is 19.8 Å². The minimum Gasteiger partial charge on any atom is -0.357 e. The summed E-state index contributed by atoms with van der Waals surface area (Å²) in [6.07, 6.45) is 0. The van der Waals surface area contributed by atoms with Gasteiger partial charge in [0.05, 0.1) is 12.3 Å². The minimum atomic E-state index is -3.17. The van der Waals surface area contributed by atoms with Gasteiger partial charge in [-0.2, -0.15) is 0 Å². The number of guanidine groups is 1. The molecule has 0 aromatic rings. The lowest BCUT2D eigenvalue weighted by atomic mass is 10.3. The molecule has 1 aliphatic heterocycles. The van der Waals surface area contributed by atoms with Crippen molar-refractivity contribution in [2.45, 2.75) is 20.8 Å². The summed E-state index contributed by atoms with van der Waals surface area (Å²) in [6.45, 7) is 9.40. The highest BCUT2D eigenvalue weighted by molar-refractivity contribution is 7.89. The van der Waals surface area contributed by atoms with Crippen molar-refractivity contribution in [1.29, 1.82) is 0 Å². The monoisotopic (exact) mass is 333 g/mol. The van der Waals surface area contributed by atoms with Gasteiger partial charge in [-0.3, -0.25) is 9.79 Å². The summed E-state index contributed by atoms with van der Waals surface area (Å²) in [5.74, 6) is 0.931. The molecule has 0 aromatic carbocycles. The first-order valence-corrected chi connectivity index (χ1v) is 9.31. The molecule has 0 aliphatic carbocycles. The van der Waals surface area contributed by atoms with Crippen molar-refractivity contribution in [2.24, 2.45) is 4.99 Å². The fourth-order valence-electron chi connectivity index (χ4n) is 2.12. The number of carbonyl (C=O) groups excluding carboxylic acids is 1. The summed E-state index contributed by atoms with van der Waals surface area (Å²) in [7, 11) is -3.17. The van der Waals surface area contributed by atoms with Crippen molar-refractivity contribution in [2.75, 3.05) is 51.6 Å². The zero-order valence-electron chi connectivity index (χ0n) is 13.6. The van der Waals surface area contributed by atoms with Crippen molar-refractivity contribution < 1.29 is 13.2 Å². The number of carbonyl (C=O) groups is 1. The number of nitrogens with zero attached hydrogens (tertiary/aromatic N) is 3. The third-order valence-electron chi connectivity index (χ3n) is 3.43. The molecule has 1 amide bonds. The molecule has 0 radical (unpaired) electrons. The van der Waals surface area contributed by atoms with Crippen LogP contribution in [0.1, 0.15) is 20.8 Å². The van der Waals surface area contributed by atoms with E-state index < -0.39 is 10.0 Å². The van der Waals surface area contributed by atoms with Gasteiger partial charge in [0.25, 0.3) is 0 Å². The normalized spacial score (nSPS) is 16.8. The molecule has 1 saturated heterocycles. The summed E-state index contributed by atoms with van der Waals surface area (Å²) >= 11 is 0. The Bertz CT molecular complexity index is 484. The SMILES string of the molecule is CCNC(=NCCNS(=O)(=O)CC)N1CCN(C(C)=O)CC1. The average Bonchev–Trinajstić information content (AvgIpc) is 2.50.